The van der Waals surface area contributed by atoms with E-state index in [1.54, 1.807) is 0 Å². The molecule has 1 aliphatic rings. The molecule has 19 heavy (non-hydrogen) atoms. The van der Waals surface area contributed by atoms with Gasteiger partial charge in [-0.25, -0.2) is 0 Å². The molecule has 0 radical (unpaired) electrons. The zero-order chi connectivity index (χ0) is 13.5. The summed E-state index contributed by atoms with van der Waals surface area (Å²) in [4.78, 5) is 12.1. The molecule has 1 amide bonds. The molecular weight excluding hydrogens is 244 g/mol. The van der Waals surface area contributed by atoms with E-state index in [2.05, 4.69) is 5.32 Å². The third-order valence-corrected chi connectivity index (χ3v) is 3.08. The van der Waals surface area contributed by atoms with E-state index in [0.29, 0.717) is 26.4 Å². The molecule has 1 saturated heterocycles. The third kappa shape index (κ3) is 4.22. The number of nitrogens with one attached hydrogen (secondary N) is 1. The Morgan fingerprint density at radius 2 is 2.21 bits per heavy atom. The van der Waals surface area contributed by atoms with E-state index in [1.165, 1.54) is 0 Å². The Balaban J connectivity index is 1.92. The first-order chi connectivity index (χ1) is 9.29. The Labute approximate surface area is 113 Å². The van der Waals surface area contributed by atoms with Crippen LogP contribution in [0.5, 0.6) is 5.75 Å². The molecule has 0 aliphatic carbocycles. The minimum absolute atomic E-state index is 0.0439. The van der Waals surface area contributed by atoms with Crippen molar-refractivity contribution in [3.63, 3.8) is 0 Å². The number of carbonyl (C=O) groups excluding carboxylic acids is 1. The summed E-state index contributed by atoms with van der Waals surface area (Å²) in [5, 5.41) is 2.92. The van der Waals surface area contributed by atoms with Crippen LogP contribution in [0.25, 0.3) is 0 Å². The maximum absolute atomic E-state index is 12.1. The molecular formula is C14H20N2O3. The second-order valence-electron chi connectivity index (χ2n) is 4.54. The van der Waals surface area contributed by atoms with Gasteiger partial charge in [0, 0.05) is 37.4 Å². The van der Waals surface area contributed by atoms with Gasteiger partial charge in [0.1, 0.15) is 12.4 Å². The zero-order valence-corrected chi connectivity index (χ0v) is 10.9. The van der Waals surface area contributed by atoms with E-state index in [1.807, 2.05) is 24.3 Å². The van der Waals surface area contributed by atoms with E-state index in [4.69, 9.17) is 15.2 Å². The van der Waals surface area contributed by atoms with Crippen LogP contribution in [0.2, 0.25) is 0 Å². The summed E-state index contributed by atoms with van der Waals surface area (Å²) >= 11 is 0. The SMILES string of the molecule is NCCOc1cccc(NC(=O)C2CCOCC2)c1. The van der Waals surface area contributed by atoms with E-state index >= 15 is 0 Å². The number of anilines is 1. The molecule has 0 atom stereocenters. The highest BCUT2D eigenvalue weighted by atomic mass is 16.5. The molecule has 1 aromatic rings. The number of ether oxygens (including phenoxy) is 2. The van der Waals surface area contributed by atoms with Gasteiger partial charge in [0.2, 0.25) is 5.91 Å². The summed E-state index contributed by atoms with van der Waals surface area (Å²) in [6, 6.07) is 7.37. The van der Waals surface area contributed by atoms with Gasteiger partial charge in [0.15, 0.2) is 0 Å². The quantitative estimate of drug-likeness (QED) is 0.843. The van der Waals surface area contributed by atoms with Crippen molar-refractivity contribution in [2.24, 2.45) is 11.7 Å². The Bertz CT molecular complexity index is 417. The molecule has 5 nitrogen and oxygen atoms in total. The van der Waals surface area contributed by atoms with Crippen LogP contribution >= 0.6 is 0 Å². The van der Waals surface area contributed by atoms with Crippen molar-refractivity contribution in [2.45, 2.75) is 12.8 Å². The maximum atomic E-state index is 12.1. The highest BCUT2D eigenvalue weighted by Gasteiger charge is 2.21. The van der Waals surface area contributed by atoms with Crippen molar-refractivity contribution in [1.82, 2.24) is 0 Å². The van der Waals surface area contributed by atoms with E-state index in [9.17, 15) is 4.79 Å². The number of hydrogen-bond donors (Lipinski definition) is 2. The molecule has 1 aliphatic heterocycles. The Morgan fingerprint density at radius 3 is 2.95 bits per heavy atom. The first-order valence-electron chi connectivity index (χ1n) is 6.61. The monoisotopic (exact) mass is 264 g/mol. The Kier molecular flexibility index (Phi) is 5.18. The number of amides is 1. The highest BCUT2D eigenvalue weighted by molar-refractivity contribution is 5.92. The minimum Gasteiger partial charge on any atom is -0.492 e. The molecule has 0 saturated carbocycles. The number of hydrogen-bond acceptors (Lipinski definition) is 4. The molecule has 2 rings (SSSR count). The van der Waals surface area contributed by atoms with Crippen LogP contribution in [0.15, 0.2) is 24.3 Å². The first kappa shape index (κ1) is 13.8. The van der Waals surface area contributed by atoms with Gasteiger partial charge in [-0.1, -0.05) is 6.07 Å². The number of benzene rings is 1. The lowest BCUT2D eigenvalue weighted by atomic mass is 9.99. The van der Waals surface area contributed by atoms with E-state index in [0.717, 1.165) is 24.3 Å². The van der Waals surface area contributed by atoms with Crippen LogP contribution in [0.1, 0.15) is 12.8 Å². The lowest BCUT2D eigenvalue weighted by molar-refractivity contribution is -0.122. The third-order valence-electron chi connectivity index (χ3n) is 3.08. The minimum atomic E-state index is 0.0439. The second-order valence-corrected chi connectivity index (χ2v) is 4.54. The number of carbonyl (C=O) groups is 1. The van der Waals surface area contributed by atoms with Crippen molar-refractivity contribution < 1.29 is 14.3 Å². The fourth-order valence-electron chi connectivity index (χ4n) is 2.04. The summed E-state index contributed by atoms with van der Waals surface area (Å²) in [6.45, 7) is 2.27. The van der Waals surface area contributed by atoms with Crippen molar-refractivity contribution >= 4 is 11.6 Å². The fraction of sp³-hybridized carbons (Fsp3) is 0.500. The average molecular weight is 264 g/mol. The molecule has 0 unspecified atom stereocenters. The molecule has 1 aromatic carbocycles. The lowest BCUT2D eigenvalue weighted by Crippen LogP contribution is -2.28. The Morgan fingerprint density at radius 1 is 1.42 bits per heavy atom. The molecule has 1 heterocycles. The molecule has 1 fully saturated rings. The molecule has 5 heteroatoms. The molecule has 0 bridgehead atoms. The summed E-state index contributed by atoms with van der Waals surface area (Å²) < 4.78 is 10.7. The number of rotatable bonds is 5. The largest absolute Gasteiger partial charge is 0.492 e. The highest BCUT2D eigenvalue weighted by Crippen LogP contribution is 2.20. The predicted octanol–water partition coefficient (Wildman–Crippen LogP) is 1.39. The first-order valence-corrected chi connectivity index (χ1v) is 6.61. The summed E-state index contributed by atoms with van der Waals surface area (Å²) in [6.07, 6.45) is 1.57. The molecule has 104 valence electrons. The maximum Gasteiger partial charge on any atom is 0.227 e. The topological polar surface area (TPSA) is 73.6 Å². The number of nitrogens with two attached hydrogens (primary N) is 1. The van der Waals surface area contributed by atoms with Gasteiger partial charge in [-0.3, -0.25) is 4.79 Å². The van der Waals surface area contributed by atoms with Gasteiger partial charge in [0.05, 0.1) is 0 Å². The van der Waals surface area contributed by atoms with Crippen LogP contribution in [-0.2, 0) is 9.53 Å². The zero-order valence-electron chi connectivity index (χ0n) is 10.9. The normalized spacial score (nSPS) is 16.1. The lowest BCUT2D eigenvalue weighted by Gasteiger charge is -2.21. The van der Waals surface area contributed by atoms with Crippen molar-refractivity contribution in [3.05, 3.63) is 24.3 Å². The van der Waals surface area contributed by atoms with Crippen LogP contribution in [0.4, 0.5) is 5.69 Å². The van der Waals surface area contributed by atoms with Gasteiger partial charge >= 0.3 is 0 Å². The van der Waals surface area contributed by atoms with Gasteiger partial charge in [-0.15, -0.1) is 0 Å². The van der Waals surface area contributed by atoms with Gasteiger partial charge in [0.25, 0.3) is 0 Å². The van der Waals surface area contributed by atoms with Crippen LogP contribution < -0.4 is 15.8 Å². The summed E-state index contributed by atoms with van der Waals surface area (Å²) in [5.74, 6) is 0.817. The van der Waals surface area contributed by atoms with Gasteiger partial charge < -0.3 is 20.5 Å². The summed E-state index contributed by atoms with van der Waals surface area (Å²) in [5.41, 5.74) is 6.14. The van der Waals surface area contributed by atoms with Gasteiger partial charge in [-0.2, -0.15) is 0 Å². The predicted molar refractivity (Wildman–Crippen MR) is 73.2 cm³/mol. The molecule has 0 spiro atoms. The standard InChI is InChI=1S/C14H20N2O3/c15-6-9-19-13-3-1-2-12(10-13)16-14(17)11-4-7-18-8-5-11/h1-3,10-11H,4-9,15H2,(H,16,17). The van der Waals surface area contributed by atoms with Crippen LogP contribution in [0, 0.1) is 5.92 Å². The van der Waals surface area contributed by atoms with E-state index in [-0.39, 0.29) is 11.8 Å². The van der Waals surface area contributed by atoms with Crippen molar-refractivity contribution in [1.29, 1.82) is 0 Å². The average Bonchev–Trinajstić information content (AvgIpc) is 2.46. The smallest absolute Gasteiger partial charge is 0.227 e. The molecule has 3 N–H and O–H groups in total. The van der Waals surface area contributed by atoms with Crippen LogP contribution in [0.3, 0.4) is 0 Å². The molecule has 0 aromatic heterocycles. The van der Waals surface area contributed by atoms with Gasteiger partial charge in [-0.05, 0) is 25.0 Å². The second kappa shape index (κ2) is 7.11. The summed E-state index contributed by atoms with van der Waals surface area (Å²) in [7, 11) is 0. The Hall–Kier alpha value is -1.59. The van der Waals surface area contributed by atoms with Crippen LogP contribution in [-0.4, -0.2) is 32.3 Å². The van der Waals surface area contributed by atoms with Crippen molar-refractivity contribution in [3.8, 4) is 5.75 Å². The fourth-order valence-corrected chi connectivity index (χ4v) is 2.04. The van der Waals surface area contributed by atoms with Crippen molar-refractivity contribution in [2.75, 3.05) is 31.7 Å². The van der Waals surface area contributed by atoms with E-state index < -0.39 is 0 Å².